The van der Waals surface area contributed by atoms with Crippen LogP contribution in [0, 0.1) is 21.4 Å². The van der Waals surface area contributed by atoms with E-state index in [-0.39, 0.29) is 11.3 Å². The highest BCUT2D eigenvalue weighted by molar-refractivity contribution is 5.72. The Kier molecular flexibility index (Phi) is 8.74. The number of unbranched alkanes of at least 4 members (excludes halogenated alkanes) is 5. The van der Waals surface area contributed by atoms with E-state index >= 15 is 0 Å². The van der Waals surface area contributed by atoms with E-state index in [1.54, 1.807) is 6.07 Å². The maximum absolute atomic E-state index is 10.9. The molecule has 0 fully saturated rings. The van der Waals surface area contributed by atoms with Crippen LogP contribution < -0.4 is 5.32 Å². The Labute approximate surface area is 166 Å². The van der Waals surface area contributed by atoms with Gasteiger partial charge >= 0.3 is 0 Å². The first-order valence-electron chi connectivity index (χ1n) is 9.84. The Morgan fingerprint density at radius 2 is 1.64 bits per heavy atom. The van der Waals surface area contributed by atoms with Crippen LogP contribution in [-0.2, 0) is 0 Å². The van der Waals surface area contributed by atoms with Crippen molar-refractivity contribution in [2.75, 3.05) is 11.9 Å². The summed E-state index contributed by atoms with van der Waals surface area (Å²) in [5.41, 5.74) is 2.80. The van der Waals surface area contributed by atoms with Gasteiger partial charge in [0.2, 0.25) is 0 Å². The highest BCUT2D eigenvalue weighted by Crippen LogP contribution is 2.20. The standard InChI is InChI=1S/C23H27N3O2/c1-2-3-4-5-6-7-16-25-22-13-10-19(11-14-22)8-9-20-12-15-23(26(27)28)21(17-20)18-24/h8-15,17,25H,2-7,16H2,1H3. The van der Waals surface area contributed by atoms with Crippen molar-refractivity contribution in [2.45, 2.75) is 45.4 Å². The van der Waals surface area contributed by atoms with Crippen molar-refractivity contribution in [3.8, 4) is 6.07 Å². The number of benzene rings is 2. The molecule has 0 heterocycles. The smallest absolute Gasteiger partial charge is 0.287 e. The van der Waals surface area contributed by atoms with Crippen molar-refractivity contribution >= 4 is 23.5 Å². The van der Waals surface area contributed by atoms with E-state index in [0.717, 1.165) is 23.4 Å². The molecule has 0 aliphatic carbocycles. The monoisotopic (exact) mass is 377 g/mol. The lowest BCUT2D eigenvalue weighted by molar-refractivity contribution is -0.385. The third kappa shape index (κ3) is 6.88. The first-order valence-corrected chi connectivity index (χ1v) is 9.84. The van der Waals surface area contributed by atoms with Gasteiger partial charge in [-0.3, -0.25) is 10.1 Å². The third-order valence-corrected chi connectivity index (χ3v) is 4.58. The molecule has 0 unspecified atom stereocenters. The van der Waals surface area contributed by atoms with Crippen LogP contribution >= 0.6 is 0 Å². The lowest BCUT2D eigenvalue weighted by atomic mass is 10.1. The Hall–Kier alpha value is -3.13. The second-order valence-corrected chi connectivity index (χ2v) is 6.80. The molecule has 0 bridgehead atoms. The van der Waals surface area contributed by atoms with Crippen molar-refractivity contribution in [1.29, 1.82) is 5.26 Å². The summed E-state index contributed by atoms with van der Waals surface area (Å²) in [5, 5.41) is 23.4. The van der Waals surface area contributed by atoms with Crippen LogP contribution in [0.15, 0.2) is 42.5 Å². The quantitative estimate of drug-likeness (QED) is 0.212. The van der Waals surface area contributed by atoms with E-state index in [4.69, 9.17) is 5.26 Å². The first kappa shape index (κ1) is 21.2. The number of anilines is 1. The molecule has 2 aromatic rings. The largest absolute Gasteiger partial charge is 0.385 e. The summed E-state index contributed by atoms with van der Waals surface area (Å²) < 4.78 is 0. The molecule has 2 rings (SSSR count). The fourth-order valence-electron chi connectivity index (χ4n) is 2.95. The summed E-state index contributed by atoms with van der Waals surface area (Å²) in [5.74, 6) is 0. The molecule has 0 amide bonds. The SMILES string of the molecule is CCCCCCCCNc1ccc(C=Cc2ccc([N+](=O)[O-])c(C#N)c2)cc1. The van der Waals surface area contributed by atoms with Crippen molar-refractivity contribution < 1.29 is 4.92 Å². The van der Waals surface area contributed by atoms with Crippen LogP contribution in [-0.4, -0.2) is 11.5 Å². The molecular formula is C23H27N3O2. The van der Waals surface area contributed by atoms with E-state index in [1.807, 2.05) is 42.5 Å². The zero-order valence-corrected chi connectivity index (χ0v) is 16.4. The van der Waals surface area contributed by atoms with Crippen molar-refractivity contribution in [1.82, 2.24) is 0 Å². The van der Waals surface area contributed by atoms with Gasteiger partial charge in [0.05, 0.1) is 4.92 Å². The highest BCUT2D eigenvalue weighted by atomic mass is 16.6. The minimum Gasteiger partial charge on any atom is -0.385 e. The van der Waals surface area contributed by atoms with Crippen LogP contribution in [0.5, 0.6) is 0 Å². The molecule has 0 aliphatic heterocycles. The molecule has 0 spiro atoms. The van der Waals surface area contributed by atoms with Crippen molar-refractivity contribution in [3.05, 3.63) is 69.3 Å². The van der Waals surface area contributed by atoms with Gasteiger partial charge in [-0.1, -0.05) is 63.3 Å². The first-order chi connectivity index (χ1) is 13.6. The molecule has 0 atom stereocenters. The number of nitriles is 1. The second kappa shape index (κ2) is 11.6. The normalized spacial score (nSPS) is 10.7. The second-order valence-electron chi connectivity index (χ2n) is 6.80. The molecule has 2 aromatic carbocycles. The van der Waals surface area contributed by atoms with Gasteiger partial charge in [-0.15, -0.1) is 0 Å². The number of hydrogen-bond acceptors (Lipinski definition) is 4. The number of rotatable bonds is 11. The highest BCUT2D eigenvalue weighted by Gasteiger charge is 2.12. The van der Waals surface area contributed by atoms with Crippen molar-refractivity contribution in [3.63, 3.8) is 0 Å². The van der Waals surface area contributed by atoms with Crippen molar-refractivity contribution in [2.24, 2.45) is 0 Å². The maximum Gasteiger partial charge on any atom is 0.287 e. The zero-order chi connectivity index (χ0) is 20.2. The van der Waals surface area contributed by atoms with Crippen LogP contribution in [0.2, 0.25) is 0 Å². The minimum absolute atomic E-state index is 0.0707. The fraction of sp³-hybridized carbons (Fsp3) is 0.348. The average molecular weight is 377 g/mol. The molecule has 0 aromatic heterocycles. The number of nitrogens with zero attached hydrogens (tertiary/aromatic N) is 2. The molecule has 0 radical (unpaired) electrons. The lowest BCUT2D eigenvalue weighted by Crippen LogP contribution is -2.01. The predicted molar refractivity (Wildman–Crippen MR) is 115 cm³/mol. The van der Waals surface area contributed by atoms with E-state index in [1.165, 1.54) is 50.7 Å². The Morgan fingerprint density at radius 3 is 2.32 bits per heavy atom. The third-order valence-electron chi connectivity index (χ3n) is 4.58. The Bertz CT molecular complexity index is 836. The van der Waals surface area contributed by atoms with Gasteiger partial charge in [0.25, 0.3) is 5.69 Å². The number of nitro groups is 1. The van der Waals surface area contributed by atoms with E-state index < -0.39 is 4.92 Å². The Morgan fingerprint density at radius 1 is 1.00 bits per heavy atom. The summed E-state index contributed by atoms with van der Waals surface area (Å²) in [6.07, 6.45) is 11.5. The molecule has 0 saturated heterocycles. The molecule has 1 N–H and O–H groups in total. The zero-order valence-electron chi connectivity index (χ0n) is 16.4. The number of nitrogens with one attached hydrogen (secondary N) is 1. The lowest BCUT2D eigenvalue weighted by Gasteiger charge is -2.06. The van der Waals surface area contributed by atoms with Crippen LogP contribution in [0.1, 0.15) is 62.1 Å². The molecule has 5 heteroatoms. The minimum atomic E-state index is -0.539. The summed E-state index contributed by atoms with van der Waals surface area (Å²) >= 11 is 0. The maximum atomic E-state index is 10.9. The predicted octanol–water partition coefficient (Wildman–Crippen LogP) is 6.41. The van der Waals surface area contributed by atoms with Crippen LogP contribution in [0.3, 0.4) is 0 Å². The number of hydrogen-bond donors (Lipinski definition) is 1. The van der Waals surface area contributed by atoms with Gasteiger partial charge in [0.1, 0.15) is 11.6 Å². The van der Waals surface area contributed by atoms with Gasteiger partial charge in [-0.05, 0) is 41.8 Å². The van der Waals surface area contributed by atoms with E-state index in [0.29, 0.717) is 0 Å². The van der Waals surface area contributed by atoms with Gasteiger partial charge in [0.15, 0.2) is 0 Å². The van der Waals surface area contributed by atoms with Crippen LogP contribution in [0.25, 0.3) is 12.2 Å². The molecule has 28 heavy (non-hydrogen) atoms. The van der Waals surface area contributed by atoms with E-state index in [2.05, 4.69) is 12.2 Å². The number of nitro benzene ring substituents is 1. The summed E-state index contributed by atoms with van der Waals surface area (Å²) in [6.45, 7) is 3.22. The van der Waals surface area contributed by atoms with Gasteiger partial charge in [-0.25, -0.2) is 0 Å². The van der Waals surface area contributed by atoms with Gasteiger partial charge in [0, 0.05) is 18.3 Å². The van der Waals surface area contributed by atoms with Crippen LogP contribution in [0.4, 0.5) is 11.4 Å². The van der Waals surface area contributed by atoms with Gasteiger partial charge < -0.3 is 5.32 Å². The summed E-state index contributed by atoms with van der Waals surface area (Å²) in [4.78, 5) is 10.3. The van der Waals surface area contributed by atoms with E-state index in [9.17, 15) is 10.1 Å². The van der Waals surface area contributed by atoms with Gasteiger partial charge in [-0.2, -0.15) is 5.26 Å². The summed E-state index contributed by atoms with van der Waals surface area (Å²) in [6, 6.07) is 14.6. The molecular weight excluding hydrogens is 350 g/mol. The molecule has 5 nitrogen and oxygen atoms in total. The molecule has 0 saturated carbocycles. The molecule has 146 valence electrons. The summed E-state index contributed by atoms with van der Waals surface area (Å²) in [7, 11) is 0. The molecule has 0 aliphatic rings. The average Bonchev–Trinajstić information content (AvgIpc) is 2.72. The Balaban J connectivity index is 1.85. The topological polar surface area (TPSA) is 79.0 Å². The fourth-order valence-corrected chi connectivity index (χ4v) is 2.95.